The highest BCUT2D eigenvalue weighted by atomic mass is 16.5. The molecule has 0 spiro atoms. The van der Waals surface area contributed by atoms with Crippen LogP contribution in [-0.2, 0) is 24.6 Å². The molecule has 5 nitrogen and oxygen atoms in total. The van der Waals surface area contributed by atoms with Crippen molar-refractivity contribution >= 4 is 11.7 Å². The van der Waals surface area contributed by atoms with E-state index >= 15 is 0 Å². The molecule has 1 aromatic heterocycles. The second kappa shape index (κ2) is 4.24. The van der Waals surface area contributed by atoms with E-state index in [4.69, 9.17) is 10.5 Å². The molecule has 0 fully saturated rings. The number of pyridine rings is 1. The normalized spacial score (nSPS) is 14.2. The average Bonchev–Trinajstić information content (AvgIpc) is 2.36. The van der Waals surface area contributed by atoms with E-state index in [9.17, 15) is 9.59 Å². The molecule has 0 aliphatic heterocycles. The highest BCUT2D eigenvalue weighted by Crippen LogP contribution is 2.26. The predicted molar refractivity (Wildman–Crippen MR) is 64.1 cm³/mol. The Morgan fingerprint density at radius 2 is 2.00 bits per heavy atom. The summed E-state index contributed by atoms with van der Waals surface area (Å²) in [4.78, 5) is 23.6. The van der Waals surface area contributed by atoms with Crippen molar-refractivity contribution in [3.63, 3.8) is 0 Å². The van der Waals surface area contributed by atoms with Crippen molar-refractivity contribution < 1.29 is 9.53 Å². The van der Waals surface area contributed by atoms with Gasteiger partial charge >= 0.3 is 5.97 Å². The van der Waals surface area contributed by atoms with Gasteiger partial charge in [-0.3, -0.25) is 4.79 Å². The van der Waals surface area contributed by atoms with E-state index in [1.807, 2.05) is 0 Å². The van der Waals surface area contributed by atoms with E-state index in [1.54, 1.807) is 11.6 Å². The van der Waals surface area contributed by atoms with Crippen LogP contribution in [0.5, 0.6) is 0 Å². The van der Waals surface area contributed by atoms with Crippen molar-refractivity contribution in [3.05, 3.63) is 27.2 Å². The number of anilines is 1. The van der Waals surface area contributed by atoms with Gasteiger partial charge in [-0.05, 0) is 31.2 Å². The second-order valence-electron chi connectivity index (χ2n) is 4.28. The zero-order chi connectivity index (χ0) is 12.6. The van der Waals surface area contributed by atoms with Gasteiger partial charge in [-0.15, -0.1) is 0 Å². The number of nitrogens with zero attached hydrogens (tertiary/aromatic N) is 1. The molecule has 0 aromatic carbocycles. The van der Waals surface area contributed by atoms with Crippen LogP contribution >= 0.6 is 0 Å². The van der Waals surface area contributed by atoms with E-state index in [0.717, 1.165) is 36.9 Å². The lowest BCUT2D eigenvalue weighted by molar-refractivity contribution is 0.0600. The molecule has 0 amide bonds. The maximum absolute atomic E-state index is 11.9. The summed E-state index contributed by atoms with van der Waals surface area (Å²) in [6.07, 6.45) is 3.63. The third-order valence-corrected chi connectivity index (χ3v) is 3.34. The Morgan fingerprint density at radius 3 is 2.65 bits per heavy atom. The molecule has 5 heteroatoms. The van der Waals surface area contributed by atoms with Crippen LogP contribution in [0.2, 0.25) is 0 Å². The number of aromatic nitrogens is 1. The summed E-state index contributed by atoms with van der Waals surface area (Å²) in [5.74, 6) is -0.515. The fourth-order valence-electron chi connectivity index (χ4n) is 2.44. The Balaban J connectivity index is 2.77. The minimum absolute atomic E-state index is 0. The van der Waals surface area contributed by atoms with Crippen molar-refractivity contribution in [3.8, 4) is 0 Å². The van der Waals surface area contributed by atoms with Crippen LogP contribution in [0.15, 0.2) is 4.79 Å². The zero-order valence-electron chi connectivity index (χ0n) is 10.1. The number of rotatable bonds is 1. The van der Waals surface area contributed by atoms with E-state index in [0.29, 0.717) is 0 Å². The van der Waals surface area contributed by atoms with Crippen molar-refractivity contribution in [2.45, 2.75) is 25.7 Å². The van der Waals surface area contributed by atoms with Crippen molar-refractivity contribution in [2.24, 2.45) is 7.05 Å². The maximum atomic E-state index is 11.9. The number of nitrogens with two attached hydrogens (primary N) is 1. The monoisotopic (exact) mass is 236 g/mol. The molecular formula is C12H16N2O3. The summed E-state index contributed by atoms with van der Waals surface area (Å²) in [6, 6.07) is 0. The molecule has 92 valence electrons. The Labute approximate surface area is 99.2 Å². The maximum Gasteiger partial charge on any atom is 0.340 e. The number of carbonyl (C=O) groups is 1. The van der Waals surface area contributed by atoms with Crippen molar-refractivity contribution in [1.29, 1.82) is 0 Å². The lowest BCUT2D eigenvalue weighted by Crippen LogP contribution is -2.30. The summed E-state index contributed by atoms with van der Waals surface area (Å²) in [7, 11) is 3.00. The van der Waals surface area contributed by atoms with Crippen LogP contribution in [0, 0.1) is 0 Å². The number of carbonyl (C=O) groups excluding carboxylic acids is 1. The van der Waals surface area contributed by atoms with Gasteiger partial charge in [0, 0.05) is 12.7 Å². The molecular weight excluding hydrogens is 220 g/mol. The second-order valence-corrected chi connectivity index (χ2v) is 4.28. The molecule has 1 aromatic rings. The van der Waals surface area contributed by atoms with E-state index in [2.05, 4.69) is 0 Å². The lowest BCUT2D eigenvalue weighted by atomic mass is 9.91. The molecule has 0 radical (unpaired) electrons. The molecule has 1 heterocycles. The Morgan fingerprint density at radius 1 is 1.35 bits per heavy atom. The first-order chi connectivity index (χ1) is 8.07. The minimum Gasteiger partial charge on any atom is -0.465 e. The van der Waals surface area contributed by atoms with E-state index in [-0.39, 0.29) is 16.8 Å². The van der Waals surface area contributed by atoms with Crippen LogP contribution in [0.25, 0.3) is 0 Å². The molecule has 2 N–H and O–H groups in total. The van der Waals surface area contributed by atoms with Gasteiger partial charge in [0.05, 0.1) is 12.7 Å². The van der Waals surface area contributed by atoms with Crippen molar-refractivity contribution in [2.75, 3.05) is 12.8 Å². The number of hydrogen-bond donors (Lipinski definition) is 1. The number of fused-ring (bicyclic) bond motifs is 1. The Kier molecular flexibility index (Phi) is 2.92. The van der Waals surface area contributed by atoms with Gasteiger partial charge in [-0.1, -0.05) is 0 Å². The molecule has 2 rings (SSSR count). The first-order valence-corrected chi connectivity index (χ1v) is 5.66. The standard InChI is InChI=1S/C12H16N2O3/c1-14-8-6-4-3-5-7(8)9(12(16)17-2)10(13)11(14)15/h3-6,13H2,1-2H3. The van der Waals surface area contributed by atoms with Gasteiger partial charge in [-0.25, -0.2) is 4.79 Å². The lowest BCUT2D eigenvalue weighted by Gasteiger charge is -2.22. The molecule has 0 saturated heterocycles. The Hall–Kier alpha value is -1.78. The highest BCUT2D eigenvalue weighted by molar-refractivity contribution is 5.96. The molecule has 1 aliphatic rings. The number of methoxy groups -OCH3 is 1. The third kappa shape index (κ3) is 1.71. The zero-order valence-corrected chi connectivity index (χ0v) is 10.1. The van der Waals surface area contributed by atoms with Crippen LogP contribution in [0.4, 0.5) is 5.69 Å². The highest BCUT2D eigenvalue weighted by Gasteiger charge is 2.25. The van der Waals surface area contributed by atoms with Gasteiger partial charge in [0.1, 0.15) is 5.69 Å². The first-order valence-electron chi connectivity index (χ1n) is 5.66. The number of ether oxygens (including phenoxy) is 1. The van der Waals surface area contributed by atoms with Gasteiger partial charge in [0.25, 0.3) is 5.56 Å². The van der Waals surface area contributed by atoms with Crippen LogP contribution in [0.3, 0.4) is 0 Å². The molecule has 17 heavy (non-hydrogen) atoms. The number of esters is 1. The van der Waals surface area contributed by atoms with Gasteiger partial charge in [0.15, 0.2) is 0 Å². The fraction of sp³-hybridized carbons (Fsp3) is 0.500. The van der Waals surface area contributed by atoms with Gasteiger partial charge < -0.3 is 15.0 Å². The van der Waals surface area contributed by atoms with Crippen molar-refractivity contribution in [1.82, 2.24) is 4.57 Å². The predicted octanol–water partition coefficient (Wildman–Crippen LogP) is 0.633. The Bertz CT molecular complexity index is 532. The minimum atomic E-state index is -0.515. The van der Waals surface area contributed by atoms with E-state index in [1.165, 1.54) is 7.11 Å². The van der Waals surface area contributed by atoms with Crippen LogP contribution < -0.4 is 11.3 Å². The molecule has 1 aliphatic carbocycles. The summed E-state index contributed by atoms with van der Waals surface area (Å²) in [5.41, 5.74) is 7.50. The first kappa shape index (κ1) is 11.7. The van der Waals surface area contributed by atoms with Gasteiger partial charge in [-0.2, -0.15) is 0 Å². The van der Waals surface area contributed by atoms with Crippen LogP contribution in [0.1, 0.15) is 34.5 Å². The smallest absolute Gasteiger partial charge is 0.340 e. The quantitative estimate of drug-likeness (QED) is 0.726. The van der Waals surface area contributed by atoms with Crippen LogP contribution in [-0.4, -0.2) is 17.6 Å². The summed E-state index contributed by atoms with van der Waals surface area (Å²) in [6.45, 7) is 0. The number of hydrogen-bond acceptors (Lipinski definition) is 4. The number of nitrogen functional groups attached to an aromatic ring is 1. The molecule has 0 atom stereocenters. The topological polar surface area (TPSA) is 74.3 Å². The summed E-state index contributed by atoms with van der Waals surface area (Å²) >= 11 is 0. The fourth-order valence-corrected chi connectivity index (χ4v) is 2.44. The molecule has 0 saturated carbocycles. The molecule has 0 bridgehead atoms. The SMILES string of the molecule is COC(=O)c1c2c(n(C)c(=O)c1N)CCCC2. The summed E-state index contributed by atoms with van der Waals surface area (Å²) in [5, 5.41) is 0. The third-order valence-electron chi connectivity index (χ3n) is 3.34. The van der Waals surface area contributed by atoms with E-state index < -0.39 is 5.97 Å². The molecule has 0 unspecified atom stereocenters. The average molecular weight is 236 g/mol. The summed E-state index contributed by atoms with van der Waals surface area (Å²) < 4.78 is 6.26. The van der Waals surface area contributed by atoms with Gasteiger partial charge in [0.2, 0.25) is 0 Å². The largest absolute Gasteiger partial charge is 0.465 e.